The van der Waals surface area contributed by atoms with Gasteiger partial charge < -0.3 is 9.84 Å². The summed E-state index contributed by atoms with van der Waals surface area (Å²) in [5.74, 6) is 0.945. The number of pyridine rings is 1. The first-order chi connectivity index (χ1) is 9.40. The largest absolute Gasteiger partial charge is 0.361 e. The Bertz CT molecular complexity index is 632. The summed E-state index contributed by atoms with van der Waals surface area (Å²) >= 11 is 0. The van der Waals surface area contributed by atoms with Gasteiger partial charge in [-0.15, -0.1) is 0 Å². The highest BCUT2D eigenvalue weighted by Crippen LogP contribution is 2.29. The fourth-order valence-electron chi connectivity index (χ4n) is 2.19. The molecule has 0 aromatic carbocycles. The van der Waals surface area contributed by atoms with Crippen molar-refractivity contribution in [3.05, 3.63) is 45.0 Å². The summed E-state index contributed by atoms with van der Waals surface area (Å²) in [6, 6.07) is 2.88. The number of nitro groups is 1. The minimum Gasteiger partial charge on any atom is -0.361 e. The van der Waals surface area contributed by atoms with E-state index in [9.17, 15) is 10.1 Å². The zero-order valence-corrected chi connectivity index (χ0v) is 11.8. The first-order valence-electron chi connectivity index (χ1n) is 6.21. The molecule has 20 heavy (non-hydrogen) atoms. The SMILES string of the molecule is Cc1ccc([N+](=O)[O-])c(NC(C)c2c(C)noc2C)n1. The number of nitrogens with one attached hydrogen (secondary N) is 1. The van der Waals surface area contributed by atoms with Gasteiger partial charge in [-0.3, -0.25) is 10.1 Å². The lowest BCUT2D eigenvalue weighted by Gasteiger charge is -2.14. The second-order valence-corrected chi connectivity index (χ2v) is 4.68. The number of anilines is 1. The minimum absolute atomic E-state index is 0.0470. The van der Waals surface area contributed by atoms with Gasteiger partial charge in [0.25, 0.3) is 0 Å². The molecule has 2 aromatic heterocycles. The van der Waals surface area contributed by atoms with E-state index in [-0.39, 0.29) is 17.5 Å². The van der Waals surface area contributed by atoms with Crippen LogP contribution >= 0.6 is 0 Å². The van der Waals surface area contributed by atoms with Gasteiger partial charge in [0.1, 0.15) is 5.76 Å². The van der Waals surface area contributed by atoms with E-state index in [1.54, 1.807) is 13.0 Å². The third kappa shape index (κ3) is 2.61. The van der Waals surface area contributed by atoms with Crippen LogP contribution in [0.25, 0.3) is 0 Å². The van der Waals surface area contributed by atoms with Crippen LogP contribution in [0.4, 0.5) is 11.5 Å². The van der Waals surface area contributed by atoms with Crippen molar-refractivity contribution in [2.24, 2.45) is 0 Å². The molecule has 7 nitrogen and oxygen atoms in total. The van der Waals surface area contributed by atoms with Crippen molar-refractivity contribution < 1.29 is 9.45 Å². The zero-order valence-electron chi connectivity index (χ0n) is 11.8. The molecule has 2 heterocycles. The Labute approximate surface area is 116 Å². The van der Waals surface area contributed by atoms with Crippen molar-refractivity contribution in [3.8, 4) is 0 Å². The number of nitrogens with zero attached hydrogens (tertiary/aromatic N) is 3. The Balaban J connectivity index is 2.35. The van der Waals surface area contributed by atoms with E-state index in [0.717, 1.165) is 11.3 Å². The molecule has 0 spiro atoms. The fourth-order valence-corrected chi connectivity index (χ4v) is 2.19. The highest BCUT2D eigenvalue weighted by Gasteiger charge is 2.21. The second-order valence-electron chi connectivity index (χ2n) is 4.68. The van der Waals surface area contributed by atoms with Gasteiger partial charge in [0.05, 0.1) is 16.7 Å². The maximum absolute atomic E-state index is 11.0. The average Bonchev–Trinajstić information content (AvgIpc) is 2.68. The van der Waals surface area contributed by atoms with Gasteiger partial charge >= 0.3 is 5.69 Å². The molecule has 1 N–H and O–H groups in total. The third-order valence-corrected chi connectivity index (χ3v) is 3.08. The summed E-state index contributed by atoms with van der Waals surface area (Å²) in [6.07, 6.45) is 0. The highest BCUT2D eigenvalue weighted by atomic mass is 16.6. The van der Waals surface area contributed by atoms with Gasteiger partial charge in [0.2, 0.25) is 5.82 Å². The maximum Gasteiger partial charge on any atom is 0.311 e. The number of hydrogen-bond acceptors (Lipinski definition) is 6. The molecule has 0 saturated heterocycles. The van der Waals surface area contributed by atoms with Crippen molar-refractivity contribution in [3.63, 3.8) is 0 Å². The van der Waals surface area contributed by atoms with Crippen LogP contribution in [0.2, 0.25) is 0 Å². The Kier molecular flexibility index (Phi) is 3.69. The van der Waals surface area contributed by atoms with Gasteiger partial charge in [0.15, 0.2) is 0 Å². The van der Waals surface area contributed by atoms with Gasteiger partial charge in [-0.05, 0) is 33.8 Å². The number of hydrogen-bond donors (Lipinski definition) is 1. The van der Waals surface area contributed by atoms with Crippen LogP contribution in [0.3, 0.4) is 0 Å². The molecule has 0 aliphatic rings. The first-order valence-corrected chi connectivity index (χ1v) is 6.21. The Hall–Kier alpha value is -2.44. The zero-order chi connectivity index (χ0) is 14.9. The molecule has 0 aliphatic heterocycles. The molecule has 106 valence electrons. The van der Waals surface area contributed by atoms with E-state index in [0.29, 0.717) is 11.5 Å². The quantitative estimate of drug-likeness (QED) is 0.681. The lowest BCUT2D eigenvalue weighted by Crippen LogP contribution is -2.11. The molecule has 2 aromatic rings. The van der Waals surface area contributed by atoms with E-state index in [1.165, 1.54) is 6.07 Å². The minimum atomic E-state index is -0.450. The van der Waals surface area contributed by atoms with Crippen molar-refractivity contribution in [1.29, 1.82) is 0 Å². The van der Waals surface area contributed by atoms with Crippen LogP contribution in [0, 0.1) is 30.9 Å². The van der Waals surface area contributed by atoms with Crippen molar-refractivity contribution in [2.45, 2.75) is 33.7 Å². The lowest BCUT2D eigenvalue weighted by atomic mass is 10.1. The van der Waals surface area contributed by atoms with E-state index >= 15 is 0 Å². The molecular weight excluding hydrogens is 260 g/mol. The average molecular weight is 276 g/mol. The molecule has 0 radical (unpaired) electrons. The summed E-state index contributed by atoms with van der Waals surface area (Å²) in [4.78, 5) is 14.8. The van der Waals surface area contributed by atoms with Gasteiger partial charge in [-0.1, -0.05) is 5.16 Å². The number of rotatable bonds is 4. The van der Waals surface area contributed by atoms with Crippen LogP contribution in [-0.2, 0) is 0 Å². The summed E-state index contributed by atoms with van der Waals surface area (Å²) in [6.45, 7) is 7.32. The molecule has 0 fully saturated rings. The molecule has 2 rings (SSSR count). The molecule has 7 heteroatoms. The predicted octanol–water partition coefficient (Wildman–Crippen LogP) is 3.08. The molecular formula is C13H16N4O3. The van der Waals surface area contributed by atoms with Crippen molar-refractivity contribution in [2.75, 3.05) is 5.32 Å². The Morgan fingerprint density at radius 3 is 2.60 bits per heavy atom. The summed E-state index contributed by atoms with van der Waals surface area (Å²) in [7, 11) is 0. The van der Waals surface area contributed by atoms with Crippen molar-refractivity contribution in [1.82, 2.24) is 10.1 Å². The van der Waals surface area contributed by atoms with Crippen LogP contribution in [0.5, 0.6) is 0 Å². The van der Waals surface area contributed by atoms with Gasteiger partial charge in [-0.25, -0.2) is 4.98 Å². The lowest BCUT2D eigenvalue weighted by molar-refractivity contribution is -0.384. The Morgan fingerprint density at radius 2 is 2.05 bits per heavy atom. The normalized spacial score (nSPS) is 12.2. The number of aromatic nitrogens is 2. The maximum atomic E-state index is 11.0. The first kappa shape index (κ1) is 14.0. The van der Waals surface area contributed by atoms with Crippen LogP contribution in [0.1, 0.15) is 35.7 Å². The molecule has 0 aliphatic carbocycles. The fraction of sp³-hybridized carbons (Fsp3) is 0.385. The molecule has 0 bridgehead atoms. The van der Waals surface area contributed by atoms with E-state index < -0.39 is 4.92 Å². The topological polar surface area (TPSA) is 94.1 Å². The smallest absolute Gasteiger partial charge is 0.311 e. The van der Waals surface area contributed by atoms with Crippen LogP contribution in [-0.4, -0.2) is 15.1 Å². The third-order valence-electron chi connectivity index (χ3n) is 3.08. The van der Waals surface area contributed by atoms with E-state index in [1.807, 2.05) is 20.8 Å². The summed E-state index contributed by atoms with van der Waals surface area (Å²) < 4.78 is 5.11. The molecule has 1 atom stereocenters. The summed E-state index contributed by atoms with van der Waals surface area (Å²) in [5.41, 5.74) is 2.32. The van der Waals surface area contributed by atoms with E-state index in [4.69, 9.17) is 4.52 Å². The number of aryl methyl sites for hydroxylation is 3. The van der Waals surface area contributed by atoms with E-state index in [2.05, 4.69) is 15.5 Å². The molecule has 1 unspecified atom stereocenters. The van der Waals surface area contributed by atoms with Crippen LogP contribution < -0.4 is 5.32 Å². The Morgan fingerprint density at radius 1 is 1.35 bits per heavy atom. The second kappa shape index (κ2) is 5.28. The van der Waals surface area contributed by atoms with Crippen molar-refractivity contribution >= 4 is 11.5 Å². The summed E-state index contributed by atoms with van der Waals surface area (Å²) in [5, 5.41) is 18.0. The van der Waals surface area contributed by atoms with Gasteiger partial charge in [-0.2, -0.15) is 0 Å². The standard InChI is InChI=1S/C13H16N4O3/c1-7-5-6-11(17(18)19)13(14-7)15-8(2)12-9(3)16-20-10(12)4/h5-6,8H,1-4H3,(H,14,15). The monoisotopic (exact) mass is 276 g/mol. The molecule has 0 saturated carbocycles. The highest BCUT2D eigenvalue weighted by molar-refractivity contribution is 5.57. The van der Waals surface area contributed by atoms with Gasteiger partial charge in [0, 0.05) is 17.3 Å². The molecule has 0 amide bonds. The predicted molar refractivity (Wildman–Crippen MR) is 73.6 cm³/mol. The van der Waals surface area contributed by atoms with Crippen LogP contribution in [0.15, 0.2) is 16.7 Å².